The fourth-order valence-electron chi connectivity index (χ4n) is 3.43. The van der Waals surface area contributed by atoms with E-state index in [1.54, 1.807) is 0 Å². The minimum absolute atomic E-state index is 0. The molecule has 24 heavy (non-hydrogen) atoms. The summed E-state index contributed by atoms with van der Waals surface area (Å²) in [5.41, 5.74) is 1.11. The van der Waals surface area contributed by atoms with Crippen LogP contribution in [0.3, 0.4) is 0 Å². The SMILES string of the molecule is CNCCC(=O)N(Cc1ccc2c(c1)OCO2)C1CCCCC1.Cl. The zero-order valence-electron chi connectivity index (χ0n) is 14.3. The first kappa shape index (κ1) is 18.9. The van der Waals surface area contributed by atoms with E-state index in [4.69, 9.17) is 9.47 Å². The highest BCUT2D eigenvalue weighted by Gasteiger charge is 2.25. The lowest BCUT2D eigenvalue weighted by Gasteiger charge is -2.34. The lowest BCUT2D eigenvalue weighted by atomic mass is 9.93. The molecule has 0 aromatic heterocycles. The molecule has 134 valence electrons. The third-order valence-electron chi connectivity index (χ3n) is 4.71. The number of halogens is 1. The fraction of sp³-hybridized carbons (Fsp3) is 0.611. The van der Waals surface area contributed by atoms with E-state index >= 15 is 0 Å². The van der Waals surface area contributed by atoms with E-state index in [0.29, 0.717) is 19.0 Å². The molecule has 0 unspecified atom stereocenters. The zero-order valence-corrected chi connectivity index (χ0v) is 15.1. The van der Waals surface area contributed by atoms with Crippen molar-refractivity contribution in [2.75, 3.05) is 20.4 Å². The molecule has 1 fully saturated rings. The van der Waals surface area contributed by atoms with E-state index in [0.717, 1.165) is 36.4 Å². The highest BCUT2D eigenvalue weighted by Crippen LogP contribution is 2.33. The Hall–Kier alpha value is -1.46. The van der Waals surface area contributed by atoms with Crippen LogP contribution in [-0.4, -0.2) is 37.2 Å². The van der Waals surface area contributed by atoms with Crippen LogP contribution in [0.5, 0.6) is 11.5 Å². The summed E-state index contributed by atoms with van der Waals surface area (Å²) in [4.78, 5) is 14.7. The minimum atomic E-state index is 0. The Morgan fingerprint density at radius 3 is 2.71 bits per heavy atom. The van der Waals surface area contributed by atoms with E-state index in [1.165, 1.54) is 19.3 Å². The highest BCUT2D eigenvalue weighted by molar-refractivity contribution is 5.85. The van der Waals surface area contributed by atoms with Crippen molar-refractivity contribution >= 4 is 18.3 Å². The molecule has 1 saturated carbocycles. The fourth-order valence-corrected chi connectivity index (χ4v) is 3.43. The number of hydrogen-bond donors (Lipinski definition) is 1. The molecule has 0 radical (unpaired) electrons. The summed E-state index contributed by atoms with van der Waals surface area (Å²) in [7, 11) is 1.88. The van der Waals surface area contributed by atoms with Gasteiger partial charge in [0.2, 0.25) is 12.7 Å². The predicted molar refractivity (Wildman–Crippen MR) is 95.8 cm³/mol. The van der Waals surface area contributed by atoms with Gasteiger partial charge in [-0.05, 0) is 37.6 Å². The first-order valence-electron chi connectivity index (χ1n) is 8.60. The van der Waals surface area contributed by atoms with E-state index < -0.39 is 0 Å². The zero-order chi connectivity index (χ0) is 16.1. The smallest absolute Gasteiger partial charge is 0.231 e. The number of carbonyl (C=O) groups is 1. The van der Waals surface area contributed by atoms with E-state index in [-0.39, 0.29) is 25.1 Å². The average Bonchev–Trinajstić information content (AvgIpc) is 3.06. The largest absolute Gasteiger partial charge is 0.454 e. The molecule has 5 nitrogen and oxygen atoms in total. The highest BCUT2D eigenvalue weighted by atomic mass is 35.5. The standard InChI is InChI=1S/C18H26N2O3.ClH/c1-19-10-9-18(21)20(15-5-3-2-4-6-15)12-14-7-8-16-17(11-14)23-13-22-16;/h7-8,11,15,19H,2-6,9-10,12-13H2,1H3;1H. The molecule has 0 bridgehead atoms. The van der Waals surface area contributed by atoms with Crippen LogP contribution in [0.25, 0.3) is 0 Å². The Bertz CT molecular complexity index is 547. The molecule has 1 aliphatic heterocycles. The monoisotopic (exact) mass is 354 g/mol. The van der Waals surface area contributed by atoms with Crippen LogP contribution in [0.2, 0.25) is 0 Å². The van der Waals surface area contributed by atoms with Crippen molar-refractivity contribution in [3.63, 3.8) is 0 Å². The second-order valence-electron chi connectivity index (χ2n) is 6.35. The van der Waals surface area contributed by atoms with Gasteiger partial charge in [-0.2, -0.15) is 0 Å². The molecule has 6 heteroatoms. The lowest BCUT2D eigenvalue weighted by Crippen LogP contribution is -2.41. The first-order chi connectivity index (χ1) is 11.3. The number of carbonyl (C=O) groups excluding carboxylic acids is 1. The predicted octanol–water partition coefficient (Wildman–Crippen LogP) is 3.11. The Morgan fingerprint density at radius 1 is 1.21 bits per heavy atom. The van der Waals surface area contributed by atoms with Crippen LogP contribution >= 0.6 is 12.4 Å². The van der Waals surface area contributed by atoms with Crippen molar-refractivity contribution in [3.05, 3.63) is 23.8 Å². The maximum Gasteiger partial charge on any atom is 0.231 e. The molecule has 1 heterocycles. The van der Waals surface area contributed by atoms with Crippen LogP contribution in [0, 0.1) is 0 Å². The number of rotatable bonds is 6. The average molecular weight is 355 g/mol. The van der Waals surface area contributed by atoms with Gasteiger partial charge in [0.25, 0.3) is 0 Å². The van der Waals surface area contributed by atoms with Crippen LogP contribution in [0.1, 0.15) is 44.1 Å². The van der Waals surface area contributed by atoms with Crippen LogP contribution in [-0.2, 0) is 11.3 Å². The molecule has 3 rings (SSSR count). The Morgan fingerprint density at radius 2 is 1.96 bits per heavy atom. The summed E-state index contributed by atoms with van der Waals surface area (Å²) >= 11 is 0. The van der Waals surface area contributed by atoms with Crippen LogP contribution in [0.15, 0.2) is 18.2 Å². The van der Waals surface area contributed by atoms with E-state index in [9.17, 15) is 4.79 Å². The maximum atomic E-state index is 12.7. The van der Waals surface area contributed by atoms with Gasteiger partial charge >= 0.3 is 0 Å². The summed E-state index contributed by atoms with van der Waals surface area (Å²) in [6, 6.07) is 6.35. The first-order valence-corrected chi connectivity index (χ1v) is 8.60. The van der Waals surface area contributed by atoms with Crippen molar-refractivity contribution in [2.24, 2.45) is 0 Å². The minimum Gasteiger partial charge on any atom is -0.454 e. The quantitative estimate of drug-likeness (QED) is 0.852. The topological polar surface area (TPSA) is 50.8 Å². The molecule has 1 N–H and O–H groups in total. The summed E-state index contributed by atoms with van der Waals surface area (Å²) in [5, 5.41) is 3.07. The van der Waals surface area contributed by atoms with Gasteiger partial charge in [-0.15, -0.1) is 12.4 Å². The maximum absolute atomic E-state index is 12.7. The molecule has 1 aliphatic carbocycles. The van der Waals surface area contributed by atoms with Gasteiger partial charge in [-0.25, -0.2) is 0 Å². The van der Waals surface area contributed by atoms with Crippen LogP contribution < -0.4 is 14.8 Å². The third-order valence-corrected chi connectivity index (χ3v) is 4.71. The number of nitrogens with one attached hydrogen (secondary N) is 1. The Labute approximate surface area is 150 Å². The number of fused-ring (bicyclic) bond motifs is 1. The Balaban J connectivity index is 0.00000208. The van der Waals surface area contributed by atoms with Gasteiger partial charge in [0.1, 0.15) is 0 Å². The molecule has 0 atom stereocenters. The van der Waals surface area contributed by atoms with Gasteiger partial charge < -0.3 is 19.7 Å². The Kier molecular flexibility index (Phi) is 7.18. The number of benzene rings is 1. The number of hydrogen-bond acceptors (Lipinski definition) is 4. The number of nitrogens with zero attached hydrogens (tertiary/aromatic N) is 1. The number of amides is 1. The number of ether oxygens (including phenoxy) is 2. The second-order valence-corrected chi connectivity index (χ2v) is 6.35. The van der Waals surface area contributed by atoms with Crippen molar-refractivity contribution in [2.45, 2.75) is 51.1 Å². The summed E-state index contributed by atoms with van der Waals surface area (Å²) in [5.74, 6) is 1.82. The van der Waals surface area contributed by atoms with Crippen molar-refractivity contribution in [1.29, 1.82) is 0 Å². The van der Waals surface area contributed by atoms with Gasteiger partial charge in [0, 0.05) is 25.6 Å². The third kappa shape index (κ3) is 4.54. The summed E-state index contributed by atoms with van der Waals surface area (Å²) in [6.45, 7) is 1.67. The van der Waals surface area contributed by atoms with Crippen molar-refractivity contribution < 1.29 is 14.3 Å². The molecule has 1 aromatic carbocycles. The van der Waals surface area contributed by atoms with Gasteiger partial charge in [0.05, 0.1) is 0 Å². The molecular weight excluding hydrogens is 328 g/mol. The van der Waals surface area contributed by atoms with Crippen molar-refractivity contribution in [3.8, 4) is 11.5 Å². The van der Waals surface area contributed by atoms with E-state index in [2.05, 4.69) is 10.2 Å². The van der Waals surface area contributed by atoms with Gasteiger partial charge in [-0.1, -0.05) is 25.3 Å². The second kappa shape index (κ2) is 9.14. The van der Waals surface area contributed by atoms with Gasteiger partial charge in [0.15, 0.2) is 11.5 Å². The molecule has 0 spiro atoms. The molecule has 1 amide bonds. The molecule has 2 aliphatic rings. The molecule has 1 aromatic rings. The summed E-state index contributed by atoms with van der Waals surface area (Å²) < 4.78 is 10.8. The normalized spacial score (nSPS) is 16.5. The lowest BCUT2D eigenvalue weighted by molar-refractivity contribution is -0.134. The van der Waals surface area contributed by atoms with Crippen LogP contribution in [0.4, 0.5) is 0 Å². The molecular formula is C18H27ClN2O3. The molecule has 0 saturated heterocycles. The van der Waals surface area contributed by atoms with Gasteiger partial charge in [-0.3, -0.25) is 4.79 Å². The summed E-state index contributed by atoms with van der Waals surface area (Å²) in [6.07, 6.45) is 6.53. The van der Waals surface area contributed by atoms with E-state index in [1.807, 2.05) is 25.2 Å². The van der Waals surface area contributed by atoms with Crippen molar-refractivity contribution in [1.82, 2.24) is 10.2 Å².